The van der Waals surface area contributed by atoms with Crippen LogP contribution in [-0.2, 0) is 9.16 Å². The molecule has 0 atom stereocenters. The van der Waals surface area contributed by atoms with E-state index in [4.69, 9.17) is 9.16 Å². The second kappa shape index (κ2) is 7.53. The van der Waals surface area contributed by atoms with Crippen LogP contribution in [-0.4, -0.2) is 30.3 Å². The molecule has 0 heterocycles. The van der Waals surface area contributed by atoms with Crippen molar-refractivity contribution in [1.29, 1.82) is 0 Å². The highest BCUT2D eigenvalue weighted by Gasteiger charge is 2.08. The Balaban J connectivity index is 3.00. The van der Waals surface area contributed by atoms with Crippen LogP contribution in [0.2, 0.25) is 0 Å². The van der Waals surface area contributed by atoms with E-state index >= 15 is 0 Å². The summed E-state index contributed by atoms with van der Waals surface area (Å²) in [6.45, 7) is 9.42. The van der Waals surface area contributed by atoms with Gasteiger partial charge in [0.25, 0.3) is 0 Å². The third-order valence-corrected chi connectivity index (χ3v) is 2.26. The Morgan fingerprint density at radius 2 is 1.62 bits per heavy atom. The van der Waals surface area contributed by atoms with Crippen molar-refractivity contribution in [1.82, 2.24) is 0 Å². The third kappa shape index (κ3) is 12.1. The van der Waals surface area contributed by atoms with Gasteiger partial charge in [-0.3, -0.25) is 0 Å². The first-order chi connectivity index (χ1) is 6.06. The second-order valence-corrected chi connectivity index (χ2v) is 5.20. The molecule has 0 aromatic heterocycles. The molecule has 13 heavy (non-hydrogen) atoms. The first-order valence-electron chi connectivity index (χ1n) is 5.13. The standard InChI is InChI=1S/C10H24O2Si/c1-10(2,3)6-4-7-11-8-5-9-12-13/h4-9H2,1-3,13H3. The Morgan fingerprint density at radius 1 is 1.00 bits per heavy atom. The summed E-state index contributed by atoms with van der Waals surface area (Å²) in [7, 11) is 0.847. The van der Waals surface area contributed by atoms with Gasteiger partial charge in [0.05, 0.1) is 0 Å². The molecule has 2 nitrogen and oxygen atoms in total. The minimum absolute atomic E-state index is 0.446. The zero-order chi connectivity index (χ0) is 10.2. The SMILES string of the molecule is CC(C)(C)CCCOCCCO[SiH3]. The Hall–Kier alpha value is 0.137. The van der Waals surface area contributed by atoms with Crippen LogP contribution in [0.25, 0.3) is 0 Å². The molecular weight excluding hydrogens is 180 g/mol. The highest BCUT2D eigenvalue weighted by Crippen LogP contribution is 2.20. The molecule has 0 unspecified atom stereocenters. The molecule has 0 saturated carbocycles. The van der Waals surface area contributed by atoms with Gasteiger partial charge in [0.1, 0.15) is 10.5 Å². The molecule has 0 bridgehead atoms. The molecule has 0 saturated heterocycles. The highest BCUT2D eigenvalue weighted by atomic mass is 28.2. The van der Waals surface area contributed by atoms with Crippen LogP contribution in [0.15, 0.2) is 0 Å². The van der Waals surface area contributed by atoms with Crippen LogP contribution in [0.1, 0.15) is 40.0 Å². The fraction of sp³-hybridized carbons (Fsp3) is 1.00. The fourth-order valence-electron chi connectivity index (χ4n) is 1.11. The van der Waals surface area contributed by atoms with Gasteiger partial charge in [0.15, 0.2) is 0 Å². The normalized spacial score (nSPS) is 12.2. The van der Waals surface area contributed by atoms with Crippen LogP contribution >= 0.6 is 0 Å². The van der Waals surface area contributed by atoms with Gasteiger partial charge in [-0.25, -0.2) is 0 Å². The molecule has 0 amide bonds. The van der Waals surface area contributed by atoms with Crippen molar-refractivity contribution in [3.05, 3.63) is 0 Å². The maximum atomic E-state index is 5.47. The minimum atomic E-state index is 0.446. The van der Waals surface area contributed by atoms with E-state index in [1.807, 2.05) is 0 Å². The molecule has 0 aliphatic heterocycles. The van der Waals surface area contributed by atoms with Crippen molar-refractivity contribution >= 4 is 10.5 Å². The molecule has 0 aliphatic carbocycles. The van der Waals surface area contributed by atoms with Crippen LogP contribution in [0.3, 0.4) is 0 Å². The zero-order valence-electron chi connectivity index (χ0n) is 9.56. The molecule has 3 heteroatoms. The van der Waals surface area contributed by atoms with E-state index < -0.39 is 0 Å². The summed E-state index contributed by atoms with van der Waals surface area (Å²) in [6.07, 6.45) is 3.45. The Kier molecular flexibility index (Phi) is 7.61. The van der Waals surface area contributed by atoms with Crippen LogP contribution in [0.4, 0.5) is 0 Å². The maximum absolute atomic E-state index is 5.47. The van der Waals surface area contributed by atoms with E-state index in [0.29, 0.717) is 5.41 Å². The van der Waals surface area contributed by atoms with Gasteiger partial charge in [0, 0.05) is 19.8 Å². The summed E-state index contributed by atoms with van der Waals surface area (Å²) >= 11 is 0. The average molecular weight is 204 g/mol. The van der Waals surface area contributed by atoms with Gasteiger partial charge in [-0.15, -0.1) is 0 Å². The van der Waals surface area contributed by atoms with Crippen LogP contribution < -0.4 is 0 Å². The monoisotopic (exact) mass is 204 g/mol. The number of hydrogen-bond acceptors (Lipinski definition) is 2. The lowest BCUT2D eigenvalue weighted by Crippen LogP contribution is -2.07. The molecule has 0 N–H and O–H groups in total. The van der Waals surface area contributed by atoms with Gasteiger partial charge in [0.2, 0.25) is 0 Å². The lowest BCUT2D eigenvalue weighted by molar-refractivity contribution is 0.111. The first-order valence-corrected chi connectivity index (χ1v) is 5.94. The number of hydrogen-bond donors (Lipinski definition) is 0. The molecular formula is C10H24O2Si. The summed E-state index contributed by atoms with van der Waals surface area (Å²) in [4.78, 5) is 0. The summed E-state index contributed by atoms with van der Waals surface area (Å²) in [6, 6.07) is 0. The van der Waals surface area contributed by atoms with Crippen molar-refractivity contribution in [3.63, 3.8) is 0 Å². The zero-order valence-corrected chi connectivity index (χ0v) is 11.6. The van der Waals surface area contributed by atoms with E-state index in [1.54, 1.807) is 0 Å². The summed E-state index contributed by atoms with van der Waals surface area (Å²) in [5.74, 6) is 0. The van der Waals surface area contributed by atoms with Crippen molar-refractivity contribution in [2.45, 2.75) is 40.0 Å². The summed E-state index contributed by atoms with van der Waals surface area (Å²) < 4.78 is 10.5. The highest BCUT2D eigenvalue weighted by molar-refractivity contribution is 5.97. The molecule has 80 valence electrons. The lowest BCUT2D eigenvalue weighted by atomic mass is 9.91. The molecule has 0 fully saturated rings. The molecule has 0 aliphatic rings. The van der Waals surface area contributed by atoms with Gasteiger partial charge in [-0.1, -0.05) is 20.8 Å². The lowest BCUT2D eigenvalue weighted by Gasteiger charge is -2.17. The molecule has 0 radical (unpaired) electrons. The summed E-state index contributed by atoms with van der Waals surface area (Å²) in [5, 5.41) is 0. The predicted molar refractivity (Wildman–Crippen MR) is 60.0 cm³/mol. The topological polar surface area (TPSA) is 18.5 Å². The van der Waals surface area contributed by atoms with Crippen molar-refractivity contribution in [2.24, 2.45) is 5.41 Å². The first kappa shape index (κ1) is 13.1. The Labute approximate surface area is 85.5 Å². The van der Waals surface area contributed by atoms with Crippen molar-refractivity contribution < 1.29 is 9.16 Å². The average Bonchev–Trinajstić information content (AvgIpc) is 2.01. The van der Waals surface area contributed by atoms with Crippen molar-refractivity contribution in [3.8, 4) is 0 Å². The van der Waals surface area contributed by atoms with E-state index in [2.05, 4.69) is 20.8 Å². The van der Waals surface area contributed by atoms with E-state index in [0.717, 1.165) is 36.7 Å². The number of ether oxygens (including phenoxy) is 1. The Morgan fingerprint density at radius 3 is 2.15 bits per heavy atom. The molecule has 0 rings (SSSR count). The Bertz CT molecular complexity index is 110. The van der Waals surface area contributed by atoms with Crippen LogP contribution in [0, 0.1) is 5.41 Å². The van der Waals surface area contributed by atoms with E-state index in [-0.39, 0.29) is 0 Å². The molecule has 0 aromatic rings. The summed E-state index contributed by atoms with van der Waals surface area (Å²) in [5.41, 5.74) is 0.446. The fourth-order valence-corrected chi connectivity index (χ4v) is 1.40. The third-order valence-electron chi connectivity index (χ3n) is 1.85. The van der Waals surface area contributed by atoms with Gasteiger partial charge < -0.3 is 9.16 Å². The van der Waals surface area contributed by atoms with Crippen LogP contribution in [0.5, 0.6) is 0 Å². The smallest absolute Gasteiger partial charge is 0.145 e. The minimum Gasteiger partial charge on any atom is -0.428 e. The quantitative estimate of drug-likeness (QED) is 0.462. The number of rotatable bonds is 7. The van der Waals surface area contributed by atoms with Crippen molar-refractivity contribution in [2.75, 3.05) is 19.8 Å². The second-order valence-electron chi connectivity index (χ2n) is 4.62. The van der Waals surface area contributed by atoms with Gasteiger partial charge >= 0.3 is 0 Å². The largest absolute Gasteiger partial charge is 0.428 e. The molecule has 0 aromatic carbocycles. The van der Waals surface area contributed by atoms with Gasteiger partial charge in [-0.2, -0.15) is 0 Å². The van der Waals surface area contributed by atoms with Gasteiger partial charge in [-0.05, 0) is 24.7 Å². The van der Waals surface area contributed by atoms with E-state index in [1.165, 1.54) is 12.8 Å². The molecule has 0 spiro atoms. The van der Waals surface area contributed by atoms with E-state index in [9.17, 15) is 0 Å². The predicted octanol–water partition coefficient (Wildman–Crippen LogP) is 1.52. The maximum Gasteiger partial charge on any atom is 0.145 e.